The second kappa shape index (κ2) is 4.81. The van der Waals surface area contributed by atoms with Crippen LogP contribution < -0.4 is 5.32 Å². The summed E-state index contributed by atoms with van der Waals surface area (Å²) in [5, 5.41) is 13.5. The van der Waals surface area contributed by atoms with Crippen LogP contribution in [0.4, 0.5) is 0 Å². The van der Waals surface area contributed by atoms with Crippen LogP contribution in [0.15, 0.2) is 23.6 Å². The Morgan fingerprint density at radius 2 is 2.31 bits per heavy atom. The molecule has 0 spiro atoms. The first kappa shape index (κ1) is 11.4. The van der Waals surface area contributed by atoms with Gasteiger partial charge in [-0.15, -0.1) is 0 Å². The molecule has 1 aromatic rings. The minimum absolute atomic E-state index is 0.341. The summed E-state index contributed by atoms with van der Waals surface area (Å²) in [7, 11) is 1.86. The Morgan fingerprint density at radius 3 is 2.88 bits per heavy atom. The first-order valence-corrected chi connectivity index (χ1v) is 6.20. The first-order chi connectivity index (χ1) is 7.78. The summed E-state index contributed by atoms with van der Waals surface area (Å²) >= 11 is 1.67. The number of hydrogen-bond donors (Lipinski definition) is 1. The van der Waals surface area contributed by atoms with E-state index >= 15 is 0 Å². The van der Waals surface area contributed by atoms with Gasteiger partial charge in [-0.3, -0.25) is 0 Å². The minimum atomic E-state index is -0.341. The fourth-order valence-corrected chi connectivity index (χ4v) is 3.13. The number of hydrogen-bond acceptors (Lipinski definition) is 5. The number of nitrogens with zero attached hydrogens (tertiary/aromatic N) is 3. The van der Waals surface area contributed by atoms with E-state index in [1.165, 1.54) is 0 Å². The molecule has 2 rings (SSSR count). The molecule has 0 bridgehead atoms. The zero-order chi connectivity index (χ0) is 11.4. The van der Waals surface area contributed by atoms with E-state index in [4.69, 9.17) is 5.26 Å². The molecule has 1 aliphatic carbocycles. The molecule has 1 aliphatic rings. The zero-order valence-electron chi connectivity index (χ0n) is 9.18. The SMILES string of the molecule is CNC1(C#N)CCC(Sc2ncccn2)C1. The molecule has 84 valence electrons. The lowest BCUT2D eigenvalue weighted by molar-refractivity contribution is 0.464. The van der Waals surface area contributed by atoms with Crippen molar-refractivity contribution in [2.75, 3.05) is 7.05 Å². The molecule has 0 amide bonds. The summed E-state index contributed by atoms with van der Waals surface area (Å²) in [4.78, 5) is 8.38. The van der Waals surface area contributed by atoms with Crippen molar-refractivity contribution in [1.29, 1.82) is 5.26 Å². The average molecular weight is 234 g/mol. The molecule has 2 atom stereocenters. The highest BCUT2D eigenvalue weighted by Gasteiger charge is 2.38. The zero-order valence-corrected chi connectivity index (χ0v) is 10.00. The van der Waals surface area contributed by atoms with E-state index in [9.17, 15) is 0 Å². The average Bonchev–Trinajstić information content (AvgIpc) is 2.75. The molecule has 2 unspecified atom stereocenters. The van der Waals surface area contributed by atoms with Gasteiger partial charge >= 0.3 is 0 Å². The summed E-state index contributed by atoms with van der Waals surface area (Å²) in [6.07, 6.45) is 6.31. The fourth-order valence-electron chi connectivity index (χ4n) is 1.98. The molecule has 0 aliphatic heterocycles. The Bertz CT molecular complexity index is 389. The highest BCUT2D eigenvalue weighted by molar-refractivity contribution is 7.99. The lowest BCUT2D eigenvalue weighted by atomic mass is 10.0. The van der Waals surface area contributed by atoms with E-state index < -0.39 is 0 Å². The molecular formula is C11H14N4S. The molecule has 1 N–H and O–H groups in total. The number of rotatable bonds is 3. The van der Waals surface area contributed by atoms with E-state index in [0.717, 1.165) is 24.4 Å². The minimum Gasteiger partial charge on any atom is -0.302 e. The van der Waals surface area contributed by atoms with Gasteiger partial charge in [0.25, 0.3) is 0 Å². The van der Waals surface area contributed by atoms with E-state index in [2.05, 4.69) is 21.4 Å². The Labute approximate surface area is 99.5 Å². The van der Waals surface area contributed by atoms with Gasteiger partial charge < -0.3 is 5.32 Å². The van der Waals surface area contributed by atoms with Gasteiger partial charge in [0, 0.05) is 17.6 Å². The van der Waals surface area contributed by atoms with Crippen molar-refractivity contribution >= 4 is 11.8 Å². The number of thioether (sulfide) groups is 1. The molecular weight excluding hydrogens is 220 g/mol. The Hall–Kier alpha value is -1.12. The highest BCUT2D eigenvalue weighted by Crippen LogP contribution is 2.38. The van der Waals surface area contributed by atoms with Gasteiger partial charge in [-0.05, 0) is 32.4 Å². The lowest BCUT2D eigenvalue weighted by Crippen LogP contribution is -2.38. The van der Waals surface area contributed by atoms with Crippen LogP contribution in [0.1, 0.15) is 19.3 Å². The maximum absolute atomic E-state index is 9.15. The van der Waals surface area contributed by atoms with Crippen LogP contribution in [0.5, 0.6) is 0 Å². The monoisotopic (exact) mass is 234 g/mol. The summed E-state index contributed by atoms with van der Waals surface area (Å²) in [6.45, 7) is 0. The summed E-state index contributed by atoms with van der Waals surface area (Å²) < 4.78 is 0. The first-order valence-electron chi connectivity index (χ1n) is 5.32. The van der Waals surface area contributed by atoms with Crippen molar-refractivity contribution in [2.45, 2.75) is 35.2 Å². The molecule has 5 heteroatoms. The van der Waals surface area contributed by atoms with Gasteiger partial charge in [0.1, 0.15) is 5.54 Å². The van der Waals surface area contributed by atoms with Gasteiger partial charge in [-0.2, -0.15) is 5.26 Å². The largest absolute Gasteiger partial charge is 0.302 e. The normalized spacial score (nSPS) is 28.9. The third kappa shape index (κ3) is 2.34. The summed E-state index contributed by atoms with van der Waals surface area (Å²) in [5.41, 5.74) is -0.341. The van der Waals surface area contributed by atoms with Crippen LogP contribution in [-0.2, 0) is 0 Å². The van der Waals surface area contributed by atoms with Crippen molar-refractivity contribution in [2.24, 2.45) is 0 Å². The second-order valence-corrected chi connectivity index (χ2v) is 5.23. The van der Waals surface area contributed by atoms with E-state index in [-0.39, 0.29) is 5.54 Å². The maximum atomic E-state index is 9.15. The van der Waals surface area contributed by atoms with E-state index in [1.807, 2.05) is 13.1 Å². The molecule has 0 aromatic carbocycles. The Balaban J connectivity index is 1.98. The molecule has 0 saturated heterocycles. The van der Waals surface area contributed by atoms with Crippen molar-refractivity contribution in [3.63, 3.8) is 0 Å². The summed E-state index contributed by atoms with van der Waals surface area (Å²) in [6, 6.07) is 4.19. The molecule has 1 fully saturated rings. The number of nitriles is 1. The van der Waals surface area contributed by atoms with E-state index in [0.29, 0.717) is 5.25 Å². The van der Waals surface area contributed by atoms with Crippen LogP contribution in [0.25, 0.3) is 0 Å². The molecule has 1 saturated carbocycles. The van der Waals surface area contributed by atoms with Gasteiger partial charge in [-0.25, -0.2) is 9.97 Å². The number of aromatic nitrogens is 2. The van der Waals surface area contributed by atoms with Crippen LogP contribution in [0, 0.1) is 11.3 Å². The van der Waals surface area contributed by atoms with Crippen molar-refractivity contribution in [3.8, 4) is 6.07 Å². The predicted molar refractivity (Wildman–Crippen MR) is 62.9 cm³/mol. The van der Waals surface area contributed by atoms with Gasteiger partial charge in [0.2, 0.25) is 0 Å². The molecule has 1 heterocycles. The van der Waals surface area contributed by atoms with Crippen LogP contribution in [0.2, 0.25) is 0 Å². The third-order valence-corrected chi connectivity index (χ3v) is 4.13. The Kier molecular flexibility index (Phi) is 3.42. The quantitative estimate of drug-likeness (QED) is 0.805. The Morgan fingerprint density at radius 1 is 1.56 bits per heavy atom. The van der Waals surface area contributed by atoms with Crippen LogP contribution >= 0.6 is 11.8 Å². The topological polar surface area (TPSA) is 61.6 Å². The van der Waals surface area contributed by atoms with Crippen LogP contribution in [-0.4, -0.2) is 27.8 Å². The van der Waals surface area contributed by atoms with Gasteiger partial charge in [0.05, 0.1) is 6.07 Å². The van der Waals surface area contributed by atoms with Crippen molar-refractivity contribution in [1.82, 2.24) is 15.3 Å². The van der Waals surface area contributed by atoms with Crippen LogP contribution in [0.3, 0.4) is 0 Å². The fraction of sp³-hybridized carbons (Fsp3) is 0.545. The van der Waals surface area contributed by atoms with E-state index in [1.54, 1.807) is 24.2 Å². The number of nitrogens with one attached hydrogen (secondary N) is 1. The van der Waals surface area contributed by atoms with Gasteiger partial charge in [-0.1, -0.05) is 11.8 Å². The maximum Gasteiger partial charge on any atom is 0.187 e. The highest BCUT2D eigenvalue weighted by atomic mass is 32.2. The second-order valence-electron chi connectivity index (χ2n) is 3.96. The van der Waals surface area contributed by atoms with Crippen molar-refractivity contribution in [3.05, 3.63) is 18.5 Å². The molecule has 16 heavy (non-hydrogen) atoms. The third-order valence-electron chi connectivity index (χ3n) is 2.98. The predicted octanol–water partition coefficient (Wildman–Crippen LogP) is 1.60. The molecule has 4 nitrogen and oxygen atoms in total. The molecule has 0 radical (unpaired) electrons. The smallest absolute Gasteiger partial charge is 0.187 e. The van der Waals surface area contributed by atoms with Crippen molar-refractivity contribution < 1.29 is 0 Å². The van der Waals surface area contributed by atoms with Gasteiger partial charge in [0.15, 0.2) is 5.16 Å². The summed E-state index contributed by atoms with van der Waals surface area (Å²) in [5.74, 6) is 0. The molecule has 1 aromatic heterocycles. The standard InChI is InChI=1S/C11H14N4S/c1-13-11(8-12)4-3-9(7-11)16-10-14-5-2-6-15-10/h2,5-6,9,13H,3-4,7H2,1H3. The lowest BCUT2D eigenvalue weighted by Gasteiger charge is -2.19.